The molecule has 21 heavy (non-hydrogen) atoms. The molecule has 1 heterocycles. The molecule has 1 aliphatic rings. The Kier molecular flexibility index (Phi) is 5.80. The summed E-state index contributed by atoms with van der Waals surface area (Å²) in [5, 5.41) is 9.02. The molecule has 4 nitrogen and oxygen atoms in total. The van der Waals surface area contributed by atoms with Crippen molar-refractivity contribution in [3.05, 3.63) is 21.4 Å². The summed E-state index contributed by atoms with van der Waals surface area (Å²) in [6.45, 7) is 3.04. The topological polar surface area (TPSA) is 66.6 Å². The molecule has 0 atom stereocenters. The lowest BCUT2D eigenvalue weighted by Crippen LogP contribution is -2.44. The van der Waals surface area contributed by atoms with E-state index in [0.29, 0.717) is 25.6 Å². The minimum absolute atomic E-state index is 0.0713. The standard InChI is InChI=1S/C16H22N2O2S/c1-12-11-15(21-14(12)7-3-8-17)16(20)18(9-4-10-19)13-5-2-6-13/h11,13,19H,2,4-6,8-10,17H2,1H3. The molecule has 0 aliphatic heterocycles. The molecule has 1 amide bonds. The van der Waals surface area contributed by atoms with Crippen LogP contribution < -0.4 is 5.73 Å². The molecule has 1 aromatic rings. The van der Waals surface area contributed by atoms with Crippen LogP contribution in [0.5, 0.6) is 0 Å². The number of aryl methyl sites for hydroxylation is 1. The minimum atomic E-state index is 0.0713. The van der Waals surface area contributed by atoms with Crippen LogP contribution in [0, 0.1) is 18.8 Å². The smallest absolute Gasteiger partial charge is 0.264 e. The summed E-state index contributed by atoms with van der Waals surface area (Å²) >= 11 is 1.44. The fourth-order valence-corrected chi connectivity index (χ4v) is 3.38. The highest BCUT2D eigenvalue weighted by atomic mass is 32.1. The third-order valence-corrected chi connectivity index (χ3v) is 4.91. The van der Waals surface area contributed by atoms with Crippen LogP contribution >= 0.6 is 11.3 Å². The molecule has 1 saturated carbocycles. The van der Waals surface area contributed by atoms with E-state index in [9.17, 15) is 4.79 Å². The molecule has 1 aromatic heterocycles. The van der Waals surface area contributed by atoms with Gasteiger partial charge in [0.05, 0.1) is 16.3 Å². The van der Waals surface area contributed by atoms with Gasteiger partial charge >= 0.3 is 0 Å². The summed E-state index contributed by atoms with van der Waals surface area (Å²) in [5.74, 6) is 5.93. The van der Waals surface area contributed by atoms with E-state index in [4.69, 9.17) is 10.8 Å². The Morgan fingerprint density at radius 3 is 2.90 bits per heavy atom. The molecule has 0 unspecified atom stereocenters. The Hall–Kier alpha value is -1.35. The van der Waals surface area contributed by atoms with Crippen molar-refractivity contribution in [2.45, 2.75) is 38.6 Å². The van der Waals surface area contributed by atoms with Gasteiger partial charge in [-0.3, -0.25) is 4.79 Å². The van der Waals surface area contributed by atoms with E-state index in [2.05, 4.69) is 11.8 Å². The molecule has 1 fully saturated rings. The van der Waals surface area contributed by atoms with Gasteiger partial charge < -0.3 is 15.7 Å². The first kappa shape index (κ1) is 16.0. The lowest BCUT2D eigenvalue weighted by Gasteiger charge is -2.37. The first-order chi connectivity index (χ1) is 10.2. The number of carbonyl (C=O) groups is 1. The molecule has 3 N–H and O–H groups in total. The molecule has 0 radical (unpaired) electrons. The normalized spacial score (nSPS) is 14.2. The Morgan fingerprint density at radius 1 is 1.57 bits per heavy atom. The number of amides is 1. The van der Waals surface area contributed by atoms with Crippen molar-refractivity contribution >= 4 is 17.2 Å². The SMILES string of the molecule is Cc1cc(C(=O)N(CCCO)C2CCC2)sc1C#CCN. The van der Waals surface area contributed by atoms with Crippen LogP contribution in [0.2, 0.25) is 0 Å². The Morgan fingerprint density at radius 2 is 2.33 bits per heavy atom. The molecular formula is C16H22N2O2S. The summed E-state index contributed by atoms with van der Waals surface area (Å²) in [5.41, 5.74) is 6.42. The third kappa shape index (κ3) is 3.85. The van der Waals surface area contributed by atoms with Gasteiger partial charge in [0.2, 0.25) is 0 Å². The van der Waals surface area contributed by atoms with Crippen LogP contribution in [0.3, 0.4) is 0 Å². The van der Waals surface area contributed by atoms with Gasteiger partial charge in [-0.15, -0.1) is 11.3 Å². The first-order valence-corrected chi connectivity index (χ1v) is 8.20. The maximum Gasteiger partial charge on any atom is 0.264 e. The van der Waals surface area contributed by atoms with Gasteiger partial charge in [0.15, 0.2) is 0 Å². The number of nitrogens with zero attached hydrogens (tertiary/aromatic N) is 1. The first-order valence-electron chi connectivity index (χ1n) is 7.38. The largest absolute Gasteiger partial charge is 0.396 e. The monoisotopic (exact) mass is 306 g/mol. The van der Waals surface area contributed by atoms with Crippen molar-refractivity contribution in [1.29, 1.82) is 0 Å². The van der Waals surface area contributed by atoms with E-state index in [-0.39, 0.29) is 12.5 Å². The summed E-state index contributed by atoms with van der Waals surface area (Å²) < 4.78 is 0. The van der Waals surface area contributed by atoms with Crippen molar-refractivity contribution < 1.29 is 9.90 Å². The van der Waals surface area contributed by atoms with Crippen LogP contribution in [0.15, 0.2) is 6.07 Å². The predicted molar refractivity (Wildman–Crippen MR) is 85.4 cm³/mol. The highest BCUT2D eigenvalue weighted by Crippen LogP contribution is 2.29. The molecule has 114 valence electrons. The van der Waals surface area contributed by atoms with E-state index in [1.807, 2.05) is 17.9 Å². The van der Waals surface area contributed by atoms with Crippen molar-refractivity contribution in [1.82, 2.24) is 4.90 Å². The van der Waals surface area contributed by atoms with E-state index < -0.39 is 0 Å². The number of carbonyl (C=O) groups excluding carboxylic acids is 1. The van der Waals surface area contributed by atoms with Gasteiger partial charge in [-0.1, -0.05) is 11.8 Å². The van der Waals surface area contributed by atoms with Gasteiger partial charge in [-0.05, 0) is 44.2 Å². The van der Waals surface area contributed by atoms with Gasteiger partial charge in [0, 0.05) is 19.2 Å². The average Bonchev–Trinajstić information content (AvgIpc) is 2.79. The molecule has 2 rings (SSSR count). The van der Waals surface area contributed by atoms with Crippen LogP contribution in [0.1, 0.15) is 45.8 Å². The minimum Gasteiger partial charge on any atom is -0.396 e. The van der Waals surface area contributed by atoms with Crippen molar-refractivity contribution in [3.63, 3.8) is 0 Å². The second-order valence-corrected chi connectivity index (χ2v) is 6.34. The molecule has 5 heteroatoms. The molecule has 1 aliphatic carbocycles. The fraction of sp³-hybridized carbons (Fsp3) is 0.562. The highest BCUT2D eigenvalue weighted by Gasteiger charge is 2.29. The van der Waals surface area contributed by atoms with Gasteiger partial charge in [0.1, 0.15) is 0 Å². The summed E-state index contributed by atoms with van der Waals surface area (Å²) in [4.78, 5) is 16.3. The van der Waals surface area contributed by atoms with Gasteiger partial charge in [0.25, 0.3) is 5.91 Å². The Labute approximate surface area is 129 Å². The van der Waals surface area contributed by atoms with E-state index in [0.717, 1.165) is 28.2 Å². The zero-order valence-electron chi connectivity index (χ0n) is 12.4. The van der Waals surface area contributed by atoms with E-state index in [1.54, 1.807) is 0 Å². The van der Waals surface area contributed by atoms with Crippen molar-refractivity contribution in [2.75, 3.05) is 19.7 Å². The zero-order chi connectivity index (χ0) is 15.2. The quantitative estimate of drug-likeness (QED) is 0.814. The van der Waals surface area contributed by atoms with E-state index in [1.165, 1.54) is 17.8 Å². The lowest BCUT2D eigenvalue weighted by molar-refractivity contribution is 0.0567. The maximum absolute atomic E-state index is 12.7. The highest BCUT2D eigenvalue weighted by molar-refractivity contribution is 7.14. The zero-order valence-corrected chi connectivity index (χ0v) is 13.2. The second-order valence-electron chi connectivity index (χ2n) is 5.29. The molecule has 0 aromatic carbocycles. The van der Waals surface area contributed by atoms with Crippen molar-refractivity contribution in [3.8, 4) is 11.8 Å². The second kappa shape index (κ2) is 7.60. The van der Waals surface area contributed by atoms with Crippen LogP contribution in [0.25, 0.3) is 0 Å². The number of hydrogen-bond acceptors (Lipinski definition) is 4. The molecule has 0 spiro atoms. The summed E-state index contributed by atoms with van der Waals surface area (Å²) in [6, 6.07) is 2.25. The number of aliphatic hydroxyl groups excluding tert-OH is 1. The maximum atomic E-state index is 12.7. The van der Waals surface area contributed by atoms with Crippen LogP contribution in [-0.4, -0.2) is 41.7 Å². The fourth-order valence-electron chi connectivity index (χ4n) is 2.37. The molecule has 0 bridgehead atoms. The van der Waals surface area contributed by atoms with Crippen LogP contribution in [0.4, 0.5) is 0 Å². The Bertz CT molecular complexity index is 552. The van der Waals surface area contributed by atoms with Crippen LogP contribution in [-0.2, 0) is 0 Å². The Balaban J connectivity index is 2.15. The third-order valence-electron chi connectivity index (χ3n) is 3.77. The average molecular weight is 306 g/mol. The summed E-state index contributed by atoms with van der Waals surface area (Å²) in [6.07, 6.45) is 3.96. The summed E-state index contributed by atoms with van der Waals surface area (Å²) in [7, 11) is 0. The van der Waals surface area contributed by atoms with E-state index >= 15 is 0 Å². The van der Waals surface area contributed by atoms with Gasteiger partial charge in [-0.25, -0.2) is 0 Å². The number of nitrogens with two attached hydrogens (primary N) is 1. The van der Waals surface area contributed by atoms with Crippen molar-refractivity contribution in [2.24, 2.45) is 5.73 Å². The number of hydrogen-bond donors (Lipinski definition) is 2. The molecular weight excluding hydrogens is 284 g/mol. The lowest BCUT2D eigenvalue weighted by atomic mass is 9.91. The number of aliphatic hydroxyl groups is 1. The number of thiophene rings is 1. The number of rotatable bonds is 5. The predicted octanol–water partition coefficient (Wildman–Crippen LogP) is 1.74. The van der Waals surface area contributed by atoms with Gasteiger partial charge in [-0.2, -0.15) is 0 Å². The molecule has 0 saturated heterocycles.